The molecule has 0 bridgehead atoms. The van der Waals surface area contributed by atoms with E-state index < -0.39 is 28.2 Å². The molecular formula is C22H22O2SSn. The van der Waals surface area contributed by atoms with E-state index in [1.165, 1.54) is 10.7 Å². The average molecular weight is 469 g/mol. The molecule has 4 heteroatoms. The van der Waals surface area contributed by atoms with E-state index in [-0.39, 0.29) is 3.27 Å². The molecule has 3 aromatic rings. The zero-order valence-corrected chi connectivity index (χ0v) is 18.3. The molecule has 1 unspecified atom stereocenters. The third kappa shape index (κ3) is 2.91. The van der Waals surface area contributed by atoms with Crippen LogP contribution in [-0.2, 0) is 9.84 Å². The number of benzene rings is 3. The Labute approximate surface area is 159 Å². The molecule has 0 saturated carbocycles. The quantitative estimate of drug-likeness (QED) is 0.550. The molecule has 0 amide bonds. The summed E-state index contributed by atoms with van der Waals surface area (Å²) in [5.74, 6) is 0.322. The van der Waals surface area contributed by atoms with Gasteiger partial charge in [-0.2, -0.15) is 0 Å². The minimum atomic E-state index is -3.75. The van der Waals surface area contributed by atoms with Crippen molar-refractivity contribution in [2.24, 2.45) is 0 Å². The molecule has 1 aliphatic heterocycles. The first-order valence-electron chi connectivity index (χ1n) is 9.04. The van der Waals surface area contributed by atoms with Crippen LogP contribution in [0.1, 0.15) is 12.8 Å². The summed E-state index contributed by atoms with van der Waals surface area (Å²) in [4.78, 5) is 0. The van der Waals surface area contributed by atoms with Crippen molar-refractivity contribution in [1.82, 2.24) is 0 Å². The van der Waals surface area contributed by atoms with Gasteiger partial charge in [-0.1, -0.05) is 0 Å². The van der Waals surface area contributed by atoms with Crippen LogP contribution in [-0.4, -0.2) is 35.8 Å². The van der Waals surface area contributed by atoms with Crippen LogP contribution in [0.5, 0.6) is 0 Å². The Morgan fingerprint density at radius 1 is 0.654 bits per heavy atom. The van der Waals surface area contributed by atoms with E-state index in [0.29, 0.717) is 5.75 Å². The normalized spacial score (nSPS) is 19.3. The van der Waals surface area contributed by atoms with Gasteiger partial charge in [0.05, 0.1) is 0 Å². The van der Waals surface area contributed by atoms with Crippen molar-refractivity contribution in [2.75, 3.05) is 5.75 Å². The molecule has 0 aromatic heterocycles. The van der Waals surface area contributed by atoms with Crippen LogP contribution in [0.15, 0.2) is 91.0 Å². The number of hydrogen-bond donors (Lipinski definition) is 0. The van der Waals surface area contributed by atoms with Crippen molar-refractivity contribution < 1.29 is 8.42 Å². The topological polar surface area (TPSA) is 34.1 Å². The van der Waals surface area contributed by atoms with E-state index in [1.54, 1.807) is 0 Å². The van der Waals surface area contributed by atoms with Gasteiger partial charge in [0, 0.05) is 0 Å². The summed E-state index contributed by atoms with van der Waals surface area (Å²) in [7, 11) is -3.10. The second-order valence-corrected chi connectivity index (χ2v) is 21.9. The SMILES string of the molecule is O=S1(=O)CCC[CH]1[Sn]([c]1ccccc1)([c]1ccccc1)[c]1ccccc1. The summed E-state index contributed by atoms with van der Waals surface area (Å²) in [6.45, 7) is 0. The first-order valence-corrected chi connectivity index (χ1v) is 16.7. The van der Waals surface area contributed by atoms with Gasteiger partial charge in [0.15, 0.2) is 0 Å². The third-order valence-electron chi connectivity index (χ3n) is 5.50. The molecule has 3 aromatic carbocycles. The van der Waals surface area contributed by atoms with Crippen LogP contribution < -0.4 is 10.7 Å². The Morgan fingerprint density at radius 2 is 1.04 bits per heavy atom. The van der Waals surface area contributed by atoms with Crippen molar-refractivity contribution in [3.05, 3.63) is 91.0 Å². The van der Waals surface area contributed by atoms with Gasteiger partial charge in [0.25, 0.3) is 0 Å². The van der Waals surface area contributed by atoms with E-state index in [2.05, 4.69) is 72.8 Å². The predicted molar refractivity (Wildman–Crippen MR) is 111 cm³/mol. The van der Waals surface area contributed by atoms with Gasteiger partial charge in [-0.25, -0.2) is 0 Å². The Kier molecular flexibility index (Phi) is 4.93. The fourth-order valence-electron chi connectivity index (χ4n) is 4.44. The van der Waals surface area contributed by atoms with Crippen LogP contribution in [0, 0.1) is 0 Å². The molecule has 1 aliphatic rings. The van der Waals surface area contributed by atoms with E-state index >= 15 is 0 Å². The van der Waals surface area contributed by atoms with Gasteiger partial charge in [0.2, 0.25) is 0 Å². The van der Waals surface area contributed by atoms with Crippen LogP contribution in [0.4, 0.5) is 0 Å². The summed E-state index contributed by atoms with van der Waals surface area (Å²) in [6.07, 6.45) is 1.55. The second kappa shape index (κ2) is 7.20. The maximum atomic E-state index is 13.2. The Balaban J connectivity index is 2.11. The maximum absolute atomic E-state index is 13.2. The molecule has 132 valence electrons. The monoisotopic (exact) mass is 470 g/mol. The van der Waals surface area contributed by atoms with Crippen LogP contribution in [0.2, 0.25) is 0 Å². The molecule has 0 radical (unpaired) electrons. The van der Waals surface area contributed by atoms with Crippen molar-refractivity contribution in [2.45, 2.75) is 16.1 Å². The van der Waals surface area contributed by atoms with Crippen molar-refractivity contribution in [1.29, 1.82) is 0 Å². The van der Waals surface area contributed by atoms with Gasteiger partial charge in [-0.05, 0) is 0 Å². The molecule has 1 heterocycles. The molecule has 1 saturated heterocycles. The summed E-state index contributed by atoms with van der Waals surface area (Å²) < 4.78 is 29.9. The van der Waals surface area contributed by atoms with Crippen LogP contribution in [0.25, 0.3) is 0 Å². The predicted octanol–water partition coefficient (Wildman–Crippen LogP) is 2.27. The average Bonchev–Trinajstić information content (AvgIpc) is 3.05. The zero-order chi connectivity index (χ0) is 18.0. The molecule has 4 rings (SSSR count). The summed E-state index contributed by atoms with van der Waals surface area (Å²) in [5.41, 5.74) is 0. The van der Waals surface area contributed by atoms with Gasteiger partial charge in [0.1, 0.15) is 0 Å². The summed E-state index contributed by atoms with van der Waals surface area (Å²) >= 11 is -3.75. The third-order valence-corrected chi connectivity index (χ3v) is 27.1. The van der Waals surface area contributed by atoms with Crippen molar-refractivity contribution in [3.63, 3.8) is 0 Å². The van der Waals surface area contributed by atoms with Crippen LogP contribution in [0.3, 0.4) is 0 Å². The van der Waals surface area contributed by atoms with E-state index in [9.17, 15) is 8.42 Å². The van der Waals surface area contributed by atoms with E-state index in [1.807, 2.05) is 18.2 Å². The van der Waals surface area contributed by atoms with Gasteiger partial charge < -0.3 is 0 Å². The first kappa shape index (κ1) is 17.8. The van der Waals surface area contributed by atoms with E-state index in [0.717, 1.165) is 12.8 Å². The van der Waals surface area contributed by atoms with Crippen molar-refractivity contribution >= 4 is 39.0 Å². The summed E-state index contributed by atoms with van der Waals surface area (Å²) in [6, 6.07) is 31.3. The fourth-order valence-corrected chi connectivity index (χ4v) is 28.7. The molecule has 1 atom stereocenters. The second-order valence-electron chi connectivity index (χ2n) is 6.90. The van der Waals surface area contributed by atoms with Gasteiger partial charge in [-0.15, -0.1) is 0 Å². The Hall–Kier alpha value is -1.59. The Bertz CT molecular complexity index is 874. The molecule has 2 nitrogen and oxygen atoms in total. The molecule has 26 heavy (non-hydrogen) atoms. The zero-order valence-electron chi connectivity index (χ0n) is 14.6. The first-order chi connectivity index (χ1) is 12.7. The molecule has 1 fully saturated rings. The molecule has 0 N–H and O–H groups in total. The minimum absolute atomic E-state index is 0.246. The van der Waals surface area contributed by atoms with Gasteiger partial charge in [-0.3, -0.25) is 0 Å². The molecule has 0 aliphatic carbocycles. The van der Waals surface area contributed by atoms with E-state index in [4.69, 9.17) is 0 Å². The Morgan fingerprint density at radius 3 is 1.35 bits per heavy atom. The summed E-state index contributed by atoms with van der Waals surface area (Å²) in [5, 5.41) is 0. The molecule has 0 spiro atoms. The number of rotatable bonds is 4. The molecular weight excluding hydrogens is 447 g/mol. The number of hydrogen-bond acceptors (Lipinski definition) is 2. The standard InChI is InChI=1S/3C6H5.C4H7O2S.Sn/c3*1-2-4-6-5-3-1;5-7(6)3-1-2-4-7;/h3*1-5H;3H,1-2,4H2;. The van der Waals surface area contributed by atoms with Crippen molar-refractivity contribution in [3.8, 4) is 0 Å². The fraction of sp³-hybridized carbons (Fsp3) is 0.182. The van der Waals surface area contributed by atoms with Gasteiger partial charge >= 0.3 is 160 Å². The van der Waals surface area contributed by atoms with Crippen LogP contribution >= 0.6 is 0 Å². The number of sulfone groups is 1.